The Morgan fingerprint density at radius 1 is 1.03 bits per heavy atom. The highest BCUT2D eigenvalue weighted by atomic mass is 32.2. The molecule has 1 heterocycles. The molecule has 0 radical (unpaired) electrons. The standard InChI is InChI=1S/C22H29N3O3S/c1-18(2)19-9-11-21(12-10-19)29(27,28)25-15-13-24(14-16-25)17-22(26)23(3)20-7-5-4-6-8-20/h4-12,18H,13-17H2,1-3H3/p+1. The minimum absolute atomic E-state index is 0.0341. The molecule has 0 saturated carbocycles. The average Bonchev–Trinajstić information content (AvgIpc) is 2.74. The molecule has 6 nitrogen and oxygen atoms in total. The van der Waals surface area contributed by atoms with Gasteiger partial charge in [-0.05, 0) is 35.7 Å². The van der Waals surface area contributed by atoms with E-state index in [1.165, 1.54) is 4.31 Å². The van der Waals surface area contributed by atoms with Gasteiger partial charge in [0.05, 0.1) is 31.1 Å². The maximum absolute atomic E-state index is 12.9. The summed E-state index contributed by atoms with van der Waals surface area (Å²) in [7, 11) is -1.71. The number of carbonyl (C=O) groups is 1. The third kappa shape index (κ3) is 5.04. The van der Waals surface area contributed by atoms with Crippen LogP contribution in [0.25, 0.3) is 0 Å². The molecule has 2 aromatic carbocycles. The van der Waals surface area contributed by atoms with Crippen LogP contribution < -0.4 is 9.80 Å². The number of sulfonamides is 1. The average molecular weight is 417 g/mol. The molecule has 0 atom stereocenters. The number of benzene rings is 2. The second-order valence-electron chi connectivity index (χ2n) is 7.84. The van der Waals surface area contributed by atoms with Gasteiger partial charge in [0.15, 0.2) is 6.54 Å². The van der Waals surface area contributed by atoms with Crippen LogP contribution in [0.5, 0.6) is 0 Å². The molecule has 1 amide bonds. The number of quaternary nitrogens is 1. The van der Waals surface area contributed by atoms with Crippen LogP contribution in [0.15, 0.2) is 59.5 Å². The zero-order valence-corrected chi connectivity index (χ0v) is 18.2. The number of carbonyl (C=O) groups excluding carboxylic acids is 1. The molecule has 156 valence electrons. The summed E-state index contributed by atoms with van der Waals surface area (Å²) in [6, 6.07) is 16.7. The summed E-state index contributed by atoms with van der Waals surface area (Å²) in [5, 5.41) is 0. The Balaban J connectivity index is 1.57. The lowest BCUT2D eigenvalue weighted by Gasteiger charge is -2.32. The number of para-hydroxylation sites is 1. The molecule has 0 aromatic heterocycles. The summed E-state index contributed by atoms with van der Waals surface area (Å²) >= 11 is 0. The van der Waals surface area contributed by atoms with Crippen molar-refractivity contribution in [1.82, 2.24) is 4.31 Å². The van der Waals surface area contributed by atoms with Gasteiger partial charge in [-0.15, -0.1) is 0 Å². The highest BCUT2D eigenvalue weighted by Gasteiger charge is 2.31. The summed E-state index contributed by atoms with van der Waals surface area (Å²) in [5.74, 6) is 0.400. The van der Waals surface area contributed by atoms with E-state index in [2.05, 4.69) is 13.8 Å². The fourth-order valence-electron chi connectivity index (χ4n) is 3.52. The van der Waals surface area contributed by atoms with Crippen molar-refractivity contribution in [3.63, 3.8) is 0 Å². The van der Waals surface area contributed by atoms with Gasteiger partial charge in [0.2, 0.25) is 10.0 Å². The number of hydrogen-bond donors (Lipinski definition) is 1. The number of piperazine rings is 1. The van der Waals surface area contributed by atoms with Crippen LogP contribution in [-0.4, -0.2) is 58.4 Å². The van der Waals surface area contributed by atoms with E-state index in [1.807, 2.05) is 42.5 Å². The van der Waals surface area contributed by atoms with E-state index in [1.54, 1.807) is 24.1 Å². The Hall–Kier alpha value is -2.22. The molecule has 7 heteroatoms. The van der Waals surface area contributed by atoms with E-state index in [-0.39, 0.29) is 5.91 Å². The molecule has 1 saturated heterocycles. The van der Waals surface area contributed by atoms with Gasteiger partial charge in [0.25, 0.3) is 5.91 Å². The zero-order valence-electron chi connectivity index (χ0n) is 17.3. The number of nitrogens with zero attached hydrogens (tertiary/aromatic N) is 2. The Kier molecular flexibility index (Phi) is 6.72. The normalized spacial score (nSPS) is 16.1. The first-order valence-corrected chi connectivity index (χ1v) is 11.5. The van der Waals surface area contributed by atoms with Crippen LogP contribution >= 0.6 is 0 Å². The van der Waals surface area contributed by atoms with Crippen molar-refractivity contribution in [2.45, 2.75) is 24.7 Å². The van der Waals surface area contributed by atoms with Crippen LogP contribution in [0.4, 0.5) is 5.69 Å². The summed E-state index contributed by atoms with van der Waals surface area (Å²) in [6.45, 7) is 6.62. The lowest BCUT2D eigenvalue weighted by Crippen LogP contribution is -3.15. The summed E-state index contributed by atoms with van der Waals surface area (Å²) < 4.78 is 27.4. The van der Waals surface area contributed by atoms with Crippen molar-refractivity contribution < 1.29 is 18.1 Å². The van der Waals surface area contributed by atoms with Gasteiger partial charge in [0.1, 0.15) is 0 Å². The lowest BCUT2D eigenvalue weighted by molar-refractivity contribution is -0.895. The van der Waals surface area contributed by atoms with Gasteiger partial charge in [-0.25, -0.2) is 8.42 Å². The van der Waals surface area contributed by atoms with Gasteiger partial charge in [0, 0.05) is 12.7 Å². The first kappa shape index (κ1) is 21.5. The molecule has 1 aliphatic rings. The third-order valence-corrected chi connectivity index (χ3v) is 7.45. The van der Waals surface area contributed by atoms with E-state index in [9.17, 15) is 13.2 Å². The lowest BCUT2D eigenvalue weighted by atomic mass is 10.0. The van der Waals surface area contributed by atoms with Crippen molar-refractivity contribution in [2.24, 2.45) is 0 Å². The van der Waals surface area contributed by atoms with Gasteiger partial charge >= 0.3 is 0 Å². The van der Waals surface area contributed by atoms with Gasteiger partial charge in [-0.2, -0.15) is 4.31 Å². The van der Waals surface area contributed by atoms with Crippen molar-refractivity contribution >= 4 is 21.6 Å². The van der Waals surface area contributed by atoms with Crippen molar-refractivity contribution in [3.8, 4) is 0 Å². The third-order valence-electron chi connectivity index (χ3n) is 5.53. The number of anilines is 1. The minimum atomic E-state index is -3.49. The van der Waals surface area contributed by atoms with Crippen LogP contribution in [-0.2, 0) is 14.8 Å². The fourth-order valence-corrected chi connectivity index (χ4v) is 4.96. The van der Waals surface area contributed by atoms with E-state index in [0.717, 1.165) is 16.2 Å². The Labute approximate surface area is 173 Å². The molecule has 1 fully saturated rings. The fraction of sp³-hybridized carbons (Fsp3) is 0.409. The number of likely N-dealkylation sites (N-methyl/N-ethyl adjacent to an activating group) is 1. The number of rotatable bonds is 6. The van der Waals surface area contributed by atoms with Crippen molar-refractivity contribution in [2.75, 3.05) is 44.7 Å². The molecule has 0 bridgehead atoms. The van der Waals surface area contributed by atoms with Crippen LogP contribution in [0.3, 0.4) is 0 Å². The van der Waals surface area contributed by atoms with E-state index in [4.69, 9.17) is 0 Å². The maximum atomic E-state index is 12.9. The first-order chi connectivity index (χ1) is 13.8. The molecule has 0 unspecified atom stereocenters. The Morgan fingerprint density at radius 2 is 1.62 bits per heavy atom. The Bertz CT molecular complexity index is 920. The number of nitrogens with one attached hydrogen (secondary N) is 1. The van der Waals surface area contributed by atoms with Crippen molar-refractivity contribution in [3.05, 3.63) is 60.2 Å². The number of hydrogen-bond acceptors (Lipinski definition) is 3. The maximum Gasteiger partial charge on any atom is 0.281 e. The Morgan fingerprint density at radius 3 is 2.17 bits per heavy atom. The highest BCUT2D eigenvalue weighted by molar-refractivity contribution is 7.89. The first-order valence-electron chi connectivity index (χ1n) is 10.0. The van der Waals surface area contributed by atoms with E-state index < -0.39 is 10.0 Å². The summed E-state index contributed by atoms with van der Waals surface area (Å²) in [4.78, 5) is 15.7. The van der Waals surface area contributed by atoms with Gasteiger partial charge in [-0.3, -0.25) is 4.79 Å². The van der Waals surface area contributed by atoms with E-state index in [0.29, 0.717) is 43.5 Å². The second kappa shape index (κ2) is 9.07. The molecule has 3 rings (SSSR count). The monoisotopic (exact) mass is 416 g/mol. The molecule has 1 aliphatic heterocycles. The molecule has 0 spiro atoms. The summed E-state index contributed by atoms with van der Waals surface area (Å²) in [5.41, 5.74) is 1.99. The smallest absolute Gasteiger partial charge is 0.281 e. The van der Waals surface area contributed by atoms with Crippen LogP contribution in [0, 0.1) is 0 Å². The number of amides is 1. The SMILES string of the molecule is CC(C)c1ccc(S(=O)(=O)N2CC[NH+](CC(=O)N(C)c3ccccc3)CC2)cc1. The molecule has 2 aromatic rings. The predicted octanol–water partition coefficient (Wildman–Crippen LogP) is 1.36. The molecule has 1 N–H and O–H groups in total. The molecule has 29 heavy (non-hydrogen) atoms. The van der Waals surface area contributed by atoms with Gasteiger partial charge in [-0.1, -0.05) is 44.2 Å². The van der Waals surface area contributed by atoms with E-state index >= 15 is 0 Å². The second-order valence-corrected chi connectivity index (χ2v) is 9.78. The van der Waals surface area contributed by atoms with Crippen LogP contribution in [0.1, 0.15) is 25.3 Å². The predicted molar refractivity (Wildman–Crippen MR) is 115 cm³/mol. The van der Waals surface area contributed by atoms with Crippen molar-refractivity contribution in [1.29, 1.82) is 0 Å². The molecule has 0 aliphatic carbocycles. The zero-order chi connectivity index (χ0) is 21.0. The largest absolute Gasteiger partial charge is 0.325 e. The molecular formula is C22H30N3O3S+. The molecular weight excluding hydrogens is 386 g/mol. The summed E-state index contributed by atoms with van der Waals surface area (Å²) in [6.07, 6.45) is 0. The van der Waals surface area contributed by atoms with Gasteiger partial charge < -0.3 is 9.80 Å². The van der Waals surface area contributed by atoms with Crippen LogP contribution in [0.2, 0.25) is 0 Å². The minimum Gasteiger partial charge on any atom is -0.325 e. The quantitative estimate of drug-likeness (QED) is 0.774. The topological polar surface area (TPSA) is 62.1 Å². The highest BCUT2D eigenvalue weighted by Crippen LogP contribution is 2.20.